The van der Waals surface area contributed by atoms with Crippen LogP contribution in [0.3, 0.4) is 0 Å². The van der Waals surface area contributed by atoms with Crippen LogP contribution in [0.5, 0.6) is 5.75 Å². The Kier molecular flexibility index (Phi) is 5.38. The molecule has 0 heterocycles. The summed E-state index contributed by atoms with van der Waals surface area (Å²) in [5.74, 6) is 0.841. The Labute approximate surface area is 92.8 Å². The molecule has 0 saturated heterocycles. The van der Waals surface area contributed by atoms with Gasteiger partial charge in [0.05, 0.1) is 7.11 Å². The van der Waals surface area contributed by atoms with Crippen LogP contribution < -0.4 is 9.92 Å². The van der Waals surface area contributed by atoms with Crippen LogP contribution in [0.2, 0.25) is 0 Å². The summed E-state index contributed by atoms with van der Waals surface area (Å²) in [5, 5.41) is 1.04. The van der Waals surface area contributed by atoms with Crippen molar-refractivity contribution in [3.63, 3.8) is 0 Å². The predicted octanol–water partition coefficient (Wildman–Crippen LogP) is 1.46. The van der Waals surface area contributed by atoms with Gasteiger partial charge in [-0.1, -0.05) is 18.2 Å². The lowest BCUT2D eigenvalue weighted by molar-refractivity contribution is 0.224. The van der Waals surface area contributed by atoms with Crippen molar-refractivity contribution in [2.24, 2.45) is 0 Å². The molecule has 0 saturated carbocycles. The van der Waals surface area contributed by atoms with Gasteiger partial charge in [0.2, 0.25) is 0 Å². The maximum absolute atomic E-state index is 5.61. The zero-order valence-corrected chi connectivity index (χ0v) is 10.4. The van der Waals surface area contributed by atoms with E-state index in [1.807, 2.05) is 38.1 Å². The van der Waals surface area contributed by atoms with Crippen molar-refractivity contribution in [3.8, 4) is 5.75 Å². The first-order valence-corrected chi connectivity index (χ1v) is 6.41. The third-order valence-electron chi connectivity index (χ3n) is 1.88. The molecule has 3 nitrogen and oxygen atoms in total. The summed E-state index contributed by atoms with van der Waals surface area (Å²) < 4.78 is 16.5. The molecule has 0 bridgehead atoms. The van der Waals surface area contributed by atoms with Crippen LogP contribution in [0, 0.1) is 0 Å². The van der Waals surface area contributed by atoms with Gasteiger partial charge in [-0.15, -0.1) is 0 Å². The third-order valence-corrected chi connectivity index (χ3v) is 3.83. The minimum absolute atomic E-state index is 0.659. The van der Waals surface area contributed by atoms with Crippen molar-refractivity contribution in [2.45, 2.75) is 13.8 Å². The van der Waals surface area contributed by atoms with E-state index in [0.29, 0.717) is 13.2 Å². The van der Waals surface area contributed by atoms with Crippen LogP contribution in [-0.4, -0.2) is 29.6 Å². The summed E-state index contributed by atoms with van der Waals surface area (Å²) in [6, 6.07) is 7.84. The lowest BCUT2D eigenvalue weighted by Gasteiger charge is -2.15. The molecule has 4 heteroatoms. The van der Waals surface area contributed by atoms with Gasteiger partial charge in [0.25, 0.3) is 0 Å². The van der Waals surface area contributed by atoms with Gasteiger partial charge >= 0.3 is 9.28 Å². The Balaban J connectivity index is 2.88. The van der Waals surface area contributed by atoms with E-state index in [2.05, 4.69) is 0 Å². The first kappa shape index (κ1) is 12.2. The molecule has 0 N–H and O–H groups in total. The highest BCUT2D eigenvalue weighted by molar-refractivity contribution is 6.62. The van der Waals surface area contributed by atoms with Crippen LogP contribution in [0.25, 0.3) is 0 Å². The molecule has 0 aromatic heterocycles. The second-order valence-electron chi connectivity index (χ2n) is 2.85. The van der Waals surface area contributed by atoms with Crippen LogP contribution >= 0.6 is 0 Å². The van der Waals surface area contributed by atoms with Gasteiger partial charge in [0.1, 0.15) is 5.75 Å². The Morgan fingerprint density at radius 1 is 1.07 bits per heavy atom. The quantitative estimate of drug-likeness (QED) is 0.686. The fourth-order valence-electron chi connectivity index (χ4n) is 1.27. The second-order valence-corrected chi connectivity index (χ2v) is 4.54. The number of benzene rings is 1. The van der Waals surface area contributed by atoms with Crippen LogP contribution in [0.15, 0.2) is 24.3 Å². The summed E-state index contributed by atoms with van der Waals surface area (Å²) in [4.78, 5) is 0. The van der Waals surface area contributed by atoms with Crippen LogP contribution in [0.1, 0.15) is 13.8 Å². The molecule has 0 aliphatic rings. The molecule has 0 unspecified atom stereocenters. The number of hydrogen-bond donors (Lipinski definition) is 0. The third kappa shape index (κ3) is 3.34. The SMILES string of the molecule is CCO[Si](OCC)c1ccccc1OC. The molecule has 0 fully saturated rings. The van der Waals surface area contributed by atoms with E-state index in [1.165, 1.54) is 0 Å². The highest BCUT2D eigenvalue weighted by Gasteiger charge is 2.21. The minimum Gasteiger partial charge on any atom is -0.497 e. The number of methoxy groups -OCH3 is 1. The van der Waals surface area contributed by atoms with E-state index in [9.17, 15) is 0 Å². The maximum Gasteiger partial charge on any atom is 0.427 e. The smallest absolute Gasteiger partial charge is 0.427 e. The largest absolute Gasteiger partial charge is 0.497 e. The van der Waals surface area contributed by atoms with E-state index in [1.54, 1.807) is 7.11 Å². The molecular formula is C11H17O3Si. The van der Waals surface area contributed by atoms with Gasteiger partial charge in [-0.3, -0.25) is 0 Å². The van der Waals surface area contributed by atoms with Crippen molar-refractivity contribution in [3.05, 3.63) is 24.3 Å². The number of para-hydroxylation sites is 1. The Morgan fingerprint density at radius 3 is 2.20 bits per heavy atom. The lowest BCUT2D eigenvalue weighted by atomic mass is 10.3. The highest BCUT2D eigenvalue weighted by Crippen LogP contribution is 2.08. The van der Waals surface area contributed by atoms with Gasteiger partial charge in [0.15, 0.2) is 0 Å². The summed E-state index contributed by atoms with van der Waals surface area (Å²) in [6.45, 7) is 5.26. The topological polar surface area (TPSA) is 27.7 Å². The summed E-state index contributed by atoms with van der Waals surface area (Å²) in [6.07, 6.45) is 0. The van der Waals surface area contributed by atoms with Gasteiger partial charge in [0, 0.05) is 18.4 Å². The molecule has 1 aromatic carbocycles. The molecule has 1 rings (SSSR count). The summed E-state index contributed by atoms with van der Waals surface area (Å²) >= 11 is 0. The zero-order valence-electron chi connectivity index (χ0n) is 9.45. The molecule has 0 aliphatic carbocycles. The molecule has 0 atom stereocenters. The van der Waals surface area contributed by atoms with Gasteiger partial charge in [-0.25, -0.2) is 0 Å². The number of rotatable bonds is 6. The predicted molar refractivity (Wildman–Crippen MR) is 61.6 cm³/mol. The average Bonchev–Trinajstić information content (AvgIpc) is 2.29. The first-order chi connectivity index (χ1) is 7.33. The molecule has 83 valence electrons. The molecule has 0 amide bonds. The number of ether oxygens (including phenoxy) is 1. The van der Waals surface area contributed by atoms with Crippen LogP contribution in [-0.2, 0) is 8.85 Å². The van der Waals surface area contributed by atoms with E-state index < -0.39 is 9.28 Å². The van der Waals surface area contributed by atoms with E-state index in [4.69, 9.17) is 13.6 Å². The fraction of sp³-hybridized carbons (Fsp3) is 0.455. The molecule has 0 spiro atoms. The Morgan fingerprint density at radius 2 is 1.67 bits per heavy atom. The van der Waals surface area contributed by atoms with Crippen molar-refractivity contribution >= 4 is 14.5 Å². The molecular weight excluding hydrogens is 208 g/mol. The van der Waals surface area contributed by atoms with Gasteiger partial charge in [-0.05, 0) is 19.9 Å². The van der Waals surface area contributed by atoms with Crippen molar-refractivity contribution in [1.82, 2.24) is 0 Å². The minimum atomic E-state index is -1.39. The monoisotopic (exact) mass is 225 g/mol. The highest BCUT2D eigenvalue weighted by atomic mass is 28.3. The molecule has 0 aliphatic heterocycles. The average molecular weight is 225 g/mol. The van der Waals surface area contributed by atoms with E-state index in [0.717, 1.165) is 10.9 Å². The first-order valence-electron chi connectivity index (χ1n) is 5.09. The van der Waals surface area contributed by atoms with Crippen molar-refractivity contribution in [2.75, 3.05) is 20.3 Å². The van der Waals surface area contributed by atoms with E-state index in [-0.39, 0.29) is 0 Å². The fourth-order valence-corrected chi connectivity index (χ4v) is 2.81. The van der Waals surface area contributed by atoms with Gasteiger partial charge < -0.3 is 13.6 Å². The number of hydrogen-bond acceptors (Lipinski definition) is 3. The lowest BCUT2D eigenvalue weighted by Crippen LogP contribution is -2.37. The maximum atomic E-state index is 5.61. The summed E-state index contributed by atoms with van der Waals surface area (Å²) in [5.41, 5.74) is 0. The zero-order chi connectivity index (χ0) is 11.1. The molecule has 1 aromatic rings. The Hall–Kier alpha value is -0.843. The Bertz CT molecular complexity index is 285. The standard InChI is InChI=1S/C11H17O3Si/c1-4-13-15(14-5-2)11-9-7-6-8-10(11)12-3/h6-9H,4-5H2,1-3H3. The summed E-state index contributed by atoms with van der Waals surface area (Å²) in [7, 11) is 0.272. The van der Waals surface area contributed by atoms with Crippen LogP contribution in [0.4, 0.5) is 0 Å². The van der Waals surface area contributed by atoms with Crippen molar-refractivity contribution in [1.29, 1.82) is 0 Å². The van der Waals surface area contributed by atoms with Gasteiger partial charge in [-0.2, -0.15) is 0 Å². The molecule has 1 radical (unpaired) electrons. The second kappa shape index (κ2) is 6.61. The normalized spacial score (nSPS) is 10.7. The molecule has 15 heavy (non-hydrogen) atoms. The van der Waals surface area contributed by atoms with E-state index >= 15 is 0 Å². The van der Waals surface area contributed by atoms with Crippen molar-refractivity contribution < 1.29 is 13.6 Å².